The van der Waals surface area contributed by atoms with Gasteiger partial charge in [-0.1, -0.05) is 23.7 Å². The molecule has 1 aliphatic heterocycles. The zero-order valence-corrected chi connectivity index (χ0v) is 17.5. The molecule has 0 bridgehead atoms. The number of nitrogens with one attached hydrogen (secondary N) is 1. The van der Waals surface area contributed by atoms with Crippen LogP contribution in [0.2, 0.25) is 5.02 Å². The standard InChI is InChI=1S/C20H26ClN3O3S/c1-27-20-7-5-19(6-8-20)24-13-11-23(12-14-24)10-9-22-28(25,26)16-17-3-2-4-18(21)15-17/h2-8,15,22H,9-14,16H2,1H3. The Morgan fingerprint density at radius 1 is 1.07 bits per heavy atom. The minimum absolute atomic E-state index is 0.0567. The molecule has 0 amide bonds. The number of anilines is 1. The fourth-order valence-electron chi connectivity index (χ4n) is 3.28. The molecule has 0 unspecified atom stereocenters. The van der Waals surface area contributed by atoms with Gasteiger partial charge in [0.25, 0.3) is 0 Å². The predicted molar refractivity (Wildman–Crippen MR) is 114 cm³/mol. The van der Waals surface area contributed by atoms with Crippen LogP contribution in [0.5, 0.6) is 5.75 Å². The highest BCUT2D eigenvalue weighted by Gasteiger charge is 2.18. The molecule has 0 radical (unpaired) electrons. The predicted octanol–water partition coefficient (Wildman–Crippen LogP) is 2.59. The molecular formula is C20H26ClN3O3S. The number of hydrogen-bond donors (Lipinski definition) is 1. The fourth-order valence-corrected chi connectivity index (χ4v) is 4.61. The van der Waals surface area contributed by atoms with E-state index in [2.05, 4.69) is 26.7 Å². The average molecular weight is 424 g/mol. The summed E-state index contributed by atoms with van der Waals surface area (Å²) in [5.41, 5.74) is 1.87. The van der Waals surface area contributed by atoms with Gasteiger partial charge in [-0.15, -0.1) is 0 Å². The van der Waals surface area contributed by atoms with Gasteiger partial charge in [0.15, 0.2) is 0 Å². The molecule has 1 saturated heterocycles. The summed E-state index contributed by atoms with van der Waals surface area (Å²) >= 11 is 5.92. The van der Waals surface area contributed by atoms with Crippen LogP contribution in [0.25, 0.3) is 0 Å². The first kappa shape index (κ1) is 20.9. The smallest absolute Gasteiger partial charge is 0.215 e. The molecular weight excluding hydrogens is 398 g/mol. The Morgan fingerprint density at radius 3 is 2.43 bits per heavy atom. The van der Waals surface area contributed by atoms with E-state index in [1.165, 1.54) is 5.69 Å². The highest BCUT2D eigenvalue weighted by atomic mass is 35.5. The van der Waals surface area contributed by atoms with Gasteiger partial charge < -0.3 is 9.64 Å². The maximum atomic E-state index is 12.3. The Balaban J connectivity index is 1.41. The number of hydrogen-bond acceptors (Lipinski definition) is 5. The van der Waals surface area contributed by atoms with Gasteiger partial charge in [-0.2, -0.15) is 0 Å². The number of rotatable bonds is 8. The summed E-state index contributed by atoms with van der Waals surface area (Å²) in [6, 6.07) is 15.0. The van der Waals surface area contributed by atoms with Crippen LogP contribution in [0.15, 0.2) is 48.5 Å². The van der Waals surface area contributed by atoms with E-state index in [0.29, 0.717) is 23.7 Å². The van der Waals surface area contributed by atoms with Crippen molar-refractivity contribution in [2.45, 2.75) is 5.75 Å². The second kappa shape index (κ2) is 9.60. The quantitative estimate of drug-likeness (QED) is 0.707. The number of methoxy groups -OCH3 is 1. The molecule has 0 aliphatic carbocycles. The number of ether oxygens (including phenoxy) is 1. The third-order valence-electron chi connectivity index (χ3n) is 4.81. The van der Waals surface area contributed by atoms with Crippen molar-refractivity contribution in [2.75, 3.05) is 51.3 Å². The van der Waals surface area contributed by atoms with E-state index in [-0.39, 0.29) is 5.75 Å². The van der Waals surface area contributed by atoms with Gasteiger partial charge in [-0.3, -0.25) is 4.90 Å². The van der Waals surface area contributed by atoms with E-state index in [9.17, 15) is 8.42 Å². The van der Waals surface area contributed by atoms with E-state index in [1.54, 1.807) is 31.4 Å². The van der Waals surface area contributed by atoms with E-state index in [1.807, 2.05) is 12.1 Å². The summed E-state index contributed by atoms with van der Waals surface area (Å²) in [6.45, 7) is 4.75. The molecule has 1 heterocycles. The molecule has 152 valence electrons. The summed E-state index contributed by atoms with van der Waals surface area (Å²) in [7, 11) is -1.71. The van der Waals surface area contributed by atoms with Crippen molar-refractivity contribution in [2.24, 2.45) is 0 Å². The number of halogens is 1. The summed E-state index contributed by atoms with van der Waals surface area (Å²) in [5.74, 6) is 0.797. The van der Waals surface area contributed by atoms with Gasteiger partial charge in [0.1, 0.15) is 5.75 Å². The highest BCUT2D eigenvalue weighted by Crippen LogP contribution is 2.20. The van der Waals surface area contributed by atoms with Crippen molar-refractivity contribution in [1.29, 1.82) is 0 Å². The van der Waals surface area contributed by atoms with Crippen molar-refractivity contribution in [3.05, 3.63) is 59.1 Å². The van der Waals surface area contributed by atoms with Crippen molar-refractivity contribution >= 4 is 27.3 Å². The molecule has 0 aromatic heterocycles. The van der Waals surface area contributed by atoms with Crippen LogP contribution in [0.3, 0.4) is 0 Å². The van der Waals surface area contributed by atoms with Crippen LogP contribution >= 0.6 is 11.6 Å². The minimum atomic E-state index is -3.37. The molecule has 1 fully saturated rings. The van der Waals surface area contributed by atoms with Crippen molar-refractivity contribution in [1.82, 2.24) is 9.62 Å². The molecule has 0 saturated carbocycles. The summed E-state index contributed by atoms with van der Waals surface area (Å²) < 4.78 is 32.4. The lowest BCUT2D eigenvalue weighted by Gasteiger charge is -2.36. The van der Waals surface area contributed by atoms with Crippen LogP contribution in [0, 0.1) is 0 Å². The third-order valence-corrected chi connectivity index (χ3v) is 6.40. The summed E-state index contributed by atoms with van der Waals surface area (Å²) in [5, 5.41) is 0.544. The summed E-state index contributed by atoms with van der Waals surface area (Å²) in [6.07, 6.45) is 0. The van der Waals surface area contributed by atoms with E-state index in [4.69, 9.17) is 16.3 Å². The second-order valence-electron chi connectivity index (χ2n) is 6.81. The van der Waals surface area contributed by atoms with Gasteiger partial charge in [0.05, 0.1) is 12.9 Å². The molecule has 6 nitrogen and oxygen atoms in total. The molecule has 2 aromatic carbocycles. The van der Waals surface area contributed by atoms with Gasteiger partial charge in [0.2, 0.25) is 10.0 Å². The largest absolute Gasteiger partial charge is 0.497 e. The second-order valence-corrected chi connectivity index (χ2v) is 9.05. The van der Waals surface area contributed by atoms with Crippen molar-refractivity contribution in [3.63, 3.8) is 0 Å². The average Bonchev–Trinajstić information content (AvgIpc) is 2.68. The lowest BCUT2D eigenvalue weighted by atomic mass is 10.2. The first-order chi connectivity index (χ1) is 13.4. The lowest BCUT2D eigenvalue weighted by Crippen LogP contribution is -2.48. The molecule has 0 atom stereocenters. The zero-order valence-electron chi connectivity index (χ0n) is 16.0. The molecule has 1 aliphatic rings. The molecule has 0 spiro atoms. The van der Waals surface area contributed by atoms with Gasteiger partial charge in [-0.25, -0.2) is 13.1 Å². The molecule has 28 heavy (non-hydrogen) atoms. The minimum Gasteiger partial charge on any atom is -0.497 e. The van der Waals surface area contributed by atoms with Crippen molar-refractivity contribution < 1.29 is 13.2 Å². The molecule has 3 rings (SSSR count). The number of nitrogens with zero attached hydrogens (tertiary/aromatic N) is 2. The number of piperazine rings is 1. The zero-order chi connectivity index (χ0) is 20.0. The van der Waals surface area contributed by atoms with E-state index < -0.39 is 10.0 Å². The van der Waals surface area contributed by atoms with Crippen LogP contribution in [-0.4, -0.2) is 59.7 Å². The normalized spacial score (nSPS) is 15.6. The number of sulfonamides is 1. The van der Waals surface area contributed by atoms with Gasteiger partial charge in [-0.05, 0) is 42.0 Å². The SMILES string of the molecule is COc1ccc(N2CCN(CCNS(=O)(=O)Cc3cccc(Cl)c3)CC2)cc1. The fraction of sp³-hybridized carbons (Fsp3) is 0.400. The maximum Gasteiger partial charge on any atom is 0.215 e. The van der Waals surface area contributed by atoms with Crippen LogP contribution < -0.4 is 14.4 Å². The first-order valence-electron chi connectivity index (χ1n) is 9.28. The highest BCUT2D eigenvalue weighted by molar-refractivity contribution is 7.88. The molecule has 8 heteroatoms. The molecule has 2 aromatic rings. The van der Waals surface area contributed by atoms with Crippen LogP contribution in [0.1, 0.15) is 5.56 Å². The third kappa shape index (κ3) is 6.10. The van der Waals surface area contributed by atoms with E-state index in [0.717, 1.165) is 31.9 Å². The van der Waals surface area contributed by atoms with Crippen molar-refractivity contribution in [3.8, 4) is 5.75 Å². The summed E-state index contributed by atoms with van der Waals surface area (Å²) in [4.78, 5) is 4.61. The lowest BCUT2D eigenvalue weighted by molar-refractivity contribution is 0.262. The number of benzene rings is 2. The van der Waals surface area contributed by atoms with Crippen LogP contribution in [0.4, 0.5) is 5.69 Å². The monoisotopic (exact) mass is 423 g/mol. The Morgan fingerprint density at radius 2 is 1.79 bits per heavy atom. The van der Waals surface area contributed by atoms with Gasteiger partial charge >= 0.3 is 0 Å². The van der Waals surface area contributed by atoms with Crippen LogP contribution in [-0.2, 0) is 15.8 Å². The Kier molecular flexibility index (Phi) is 7.18. The first-order valence-corrected chi connectivity index (χ1v) is 11.3. The topological polar surface area (TPSA) is 61.9 Å². The Hall–Kier alpha value is -1.80. The molecule has 1 N–H and O–H groups in total. The van der Waals surface area contributed by atoms with Gasteiger partial charge in [0, 0.05) is 50.0 Å². The Bertz CT molecular complexity index is 867. The van der Waals surface area contributed by atoms with E-state index >= 15 is 0 Å². The maximum absolute atomic E-state index is 12.3. The Labute approximate surface area is 172 Å².